The number of benzene rings is 2. The first-order valence-corrected chi connectivity index (χ1v) is 20.4. The van der Waals surface area contributed by atoms with Crippen LogP contribution in [0.1, 0.15) is 42.4 Å². The lowest BCUT2D eigenvalue weighted by Crippen LogP contribution is -2.55. The molecule has 5 heterocycles. The van der Waals surface area contributed by atoms with Crippen molar-refractivity contribution in [2.45, 2.75) is 63.6 Å². The van der Waals surface area contributed by atoms with Crippen molar-refractivity contribution in [1.82, 2.24) is 28.5 Å². The third-order valence-electron chi connectivity index (χ3n) is 11.4. The fourth-order valence-corrected chi connectivity index (χ4v) is 9.27. The smallest absolute Gasteiger partial charge is 0.419 e. The normalized spacial score (nSPS) is 20.6. The number of ether oxygens (including phenoxy) is 1. The predicted octanol–water partition coefficient (Wildman–Crippen LogP) is 2.61. The first kappa shape index (κ1) is 36.9. The summed E-state index contributed by atoms with van der Waals surface area (Å²) in [6, 6.07) is 11.5. The van der Waals surface area contributed by atoms with E-state index in [1.165, 1.54) is 15.1 Å². The van der Waals surface area contributed by atoms with E-state index < -0.39 is 28.0 Å². The molecule has 53 heavy (non-hydrogen) atoms. The molecule has 3 saturated heterocycles. The fraction of sp³-hybridized carbons (Fsp3) is 0.568. The van der Waals surface area contributed by atoms with E-state index in [9.17, 15) is 27.6 Å². The number of hydrogen-bond acceptors (Lipinski definition) is 9. The van der Waals surface area contributed by atoms with Crippen LogP contribution in [0.25, 0.3) is 11.1 Å². The summed E-state index contributed by atoms with van der Waals surface area (Å²) < 4.78 is 38.5. The first-order chi connectivity index (χ1) is 25.4. The average molecular weight is 752 g/mol. The van der Waals surface area contributed by atoms with Crippen molar-refractivity contribution in [2.75, 3.05) is 70.5 Å². The van der Waals surface area contributed by atoms with Crippen molar-refractivity contribution in [2.24, 2.45) is 7.05 Å². The Kier molecular flexibility index (Phi) is 10.6. The maximum absolute atomic E-state index is 14.2. The zero-order valence-corrected chi connectivity index (χ0v) is 31.5. The topological polar surface area (TPSA) is 158 Å². The van der Waals surface area contributed by atoms with Crippen molar-refractivity contribution >= 4 is 44.8 Å². The first-order valence-electron chi connectivity index (χ1n) is 18.5. The summed E-state index contributed by atoms with van der Waals surface area (Å²) in [6.07, 6.45) is 3.06. The Labute approximate surface area is 309 Å². The molecule has 4 amide bonds. The Morgan fingerprint density at radius 1 is 0.906 bits per heavy atom. The van der Waals surface area contributed by atoms with E-state index in [1.807, 2.05) is 42.2 Å². The summed E-state index contributed by atoms with van der Waals surface area (Å²) in [5, 5.41) is 3.03. The zero-order valence-electron chi connectivity index (χ0n) is 30.7. The van der Waals surface area contributed by atoms with E-state index >= 15 is 0 Å². The van der Waals surface area contributed by atoms with Gasteiger partial charge in [-0.15, -0.1) is 0 Å². The number of piperidine rings is 2. The lowest BCUT2D eigenvalue weighted by atomic mass is 9.99. The minimum atomic E-state index is -3.22. The van der Waals surface area contributed by atoms with E-state index in [4.69, 9.17) is 9.15 Å². The number of piperazine rings is 1. The van der Waals surface area contributed by atoms with E-state index in [1.54, 1.807) is 22.9 Å². The molecule has 15 nitrogen and oxygen atoms in total. The van der Waals surface area contributed by atoms with Gasteiger partial charge in [0.1, 0.15) is 0 Å². The van der Waals surface area contributed by atoms with E-state index in [0.29, 0.717) is 88.4 Å². The Bertz CT molecular complexity index is 2020. The molecule has 0 bridgehead atoms. The fourth-order valence-electron chi connectivity index (χ4n) is 8.44. The van der Waals surface area contributed by atoms with Crippen LogP contribution in [0.5, 0.6) is 0 Å². The van der Waals surface area contributed by atoms with Crippen LogP contribution in [0.4, 0.5) is 15.3 Å². The largest absolute Gasteiger partial charge is 0.436 e. The summed E-state index contributed by atoms with van der Waals surface area (Å²) in [5.74, 6) is -0.757. The SMILES string of the molecule is Cc1cc(CC(OC(=O)N2CCC(N3CCc4ccccc4NC3=O)CC2)C(=O)N2CCC(N3CCN(S(C)(=O)=O)CC3)CC2)cc2oc(=O)n(C)c12. The van der Waals surface area contributed by atoms with Crippen LogP contribution in [0.15, 0.2) is 45.6 Å². The number of likely N-dealkylation sites (tertiary alicyclic amines) is 2. The van der Waals surface area contributed by atoms with Crippen molar-refractivity contribution in [3.05, 3.63) is 63.6 Å². The second kappa shape index (κ2) is 15.1. The van der Waals surface area contributed by atoms with Gasteiger partial charge in [0, 0.05) is 90.1 Å². The molecule has 3 fully saturated rings. The maximum Gasteiger partial charge on any atom is 0.419 e. The number of carbonyl (C=O) groups excluding carboxylic acids is 3. The molecule has 7 rings (SSSR count). The molecule has 1 N–H and O–H groups in total. The number of anilines is 1. The number of sulfonamides is 1. The highest BCUT2D eigenvalue weighted by Gasteiger charge is 2.37. The van der Waals surface area contributed by atoms with Gasteiger partial charge >= 0.3 is 17.9 Å². The molecule has 2 aromatic carbocycles. The second-order valence-corrected chi connectivity index (χ2v) is 16.7. The quantitative estimate of drug-likeness (QED) is 0.383. The average Bonchev–Trinajstić information content (AvgIpc) is 3.32. The van der Waals surface area contributed by atoms with Crippen LogP contribution >= 0.6 is 0 Å². The summed E-state index contributed by atoms with van der Waals surface area (Å²) in [6.45, 7) is 6.43. The van der Waals surface area contributed by atoms with Crippen molar-refractivity contribution in [3.8, 4) is 0 Å². The van der Waals surface area contributed by atoms with E-state index in [-0.39, 0.29) is 30.4 Å². The summed E-state index contributed by atoms with van der Waals surface area (Å²) in [4.78, 5) is 60.9. The number of para-hydroxylation sites is 1. The maximum atomic E-state index is 14.2. The molecule has 0 aliphatic carbocycles. The number of amides is 4. The van der Waals surface area contributed by atoms with Crippen LogP contribution < -0.4 is 11.1 Å². The van der Waals surface area contributed by atoms with Gasteiger partial charge < -0.3 is 29.2 Å². The van der Waals surface area contributed by atoms with Gasteiger partial charge in [-0.25, -0.2) is 22.8 Å². The van der Waals surface area contributed by atoms with Crippen LogP contribution in [-0.2, 0) is 39.4 Å². The van der Waals surface area contributed by atoms with Gasteiger partial charge in [-0.1, -0.05) is 24.3 Å². The summed E-state index contributed by atoms with van der Waals surface area (Å²) in [7, 11) is -1.58. The van der Waals surface area contributed by atoms with Gasteiger partial charge in [0.2, 0.25) is 10.0 Å². The molecule has 0 saturated carbocycles. The number of aromatic nitrogens is 1. The number of nitrogens with zero attached hydrogens (tertiary/aromatic N) is 6. The van der Waals surface area contributed by atoms with Gasteiger partial charge in [-0.2, -0.15) is 4.31 Å². The lowest BCUT2D eigenvalue weighted by molar-refractivity contribution is -0.142. The number of carbonyl (C=O) groups is 3. The van der Waals surface area contributed by atoms with E-state index in [2.05, 4.69) is 10.2 Å². The molecule has 3 aromatic rings. The zero-order chi connectivity index (χ0) is 37.4. The molecule has 4 aliphatic rings. The third-order valence-corrected chi connectivity index (χ3v) is 12.7. The molecule has 1 unspecified atom stereocenters. The number of hydrogen-bond donors (Lipinski definition) is 1. The molecule has 4 aliphatic heterocycles. The van der Waals surface area contributed by atoms with Crippen LogP contribution in [0.3, 0.4) is 0 Å². The minimum absolute atomic E-state index is 0.0309. The van der Waals surface area contributed by atoms with Gasteiger partial charge in [0.25, 0.3) is 5.91 Å². The highest BCUT2D eigenvalue weighted by Crippen LogP contribution is 2.27. The van der Waals surface area contributed by atoms with Gasteiger partial charge in [0.15, 0.2) is 11.7 Å². The Morgan fingerprint density at radius 3 is 2.26 bits per heavy atom. The number of oxazole rings is 1. The standard InChI is InChI=1S/C37H49N7O8S/c1-25-22-26(23-31-33(25)39(2)36(47)51-31)24-32(34(45)41-13-9-28(10-14-41)40-18-20-43(21-19-40)53(3,49)50)52-37(48)42-15-11-29(12-16-42)44-17-8-27-6-4-5-7-30(27)38-35(44)46/h4-7,22-23,28-29,32H,8-21,24H2,1-3H3,(H,38,46). The van der Waals surface area contributed by atoms with Gasteiger partial charge in [-0.3, -0.25) is 14.3 Å². The van der Waals surface area contributed by atoms with E-state index in [0.717, 1.165) is 36.1 Å². The highest BCUT2D eigenvalue weighted by atomic mass is 32.2. The molecular weight excluding hydrogens is 703 g/mol. The Hall–Kier alpha value is -4.41. The van der Waals surface area contributed by atoms with Crippen molar-refractivity contribution < 1.29 is 32.0 Å². The Balaban J connectivity index is 1.01. The molecule has 1 atom stereocenters. The molecule has 16 heteroatoms. The Morgan fingerprint density at radius 2 is 1.57 bits per heavy atom. The van der Waals surface area contributed by atoms with Crippen LogP contribution in [0, 0.1) is 6.92 Å². The highest BCUT2D eigenvalue weighted by molar-refractivity contribution is 7.88. The summed E-state index contributed by atoms with van der Waals surface area (Å²) >= 11 is 0. The van der Waals surface area contributed by atoms with Gasteiger partial charge in [-0.05, 0) is 67.9 Å². The number of urea groups is 1. The number of aryl methyl sites for hydroxylation is 2. The minimum Gasteiger partial charge on any atom is -0.436 e. The number of nitrogens with one attached hydrogen (secondary N) is 1. The molecule has 0 spiro atoms. The molecular formula is C37H49N7O8S. The summed E-state index contributed by atoms with van der Waals surface area (Å²) in [5.41, 5.74) is 4.52. The van der Waals surface area contributed by atoms with Crippen LogP contribution in [-0.4, -0.2) is 138 Å². The molecule has 1 aromatic heterocycles. The monoisotopic (exact) mass is 751 g/mol. The van der Waals surface area contributed by atoms with Crippen LogP contribution in [0.2, 0.25) is 0 Å². The van der Waals surface area contributed by atoms with Gasteiger partial charge in [0.05, 0.1) is 11.8 Å². The predicted molar refractivity (Wildman–Crippen MR) is 198 cm³/mol. The number of rotatable bonds is 7. The number of fused-ring (bicyclic) bond motifs is 2. The molecule has 286 valence electrons. The second-order valence-electron chi connectivity index (χ2n) is 14.8. The lowest BCUT2D eigenvalue weighted by Gasteiger charge is -2.42. The van der Waals surface area contributed by atoms with Crippen molar-refractivity contribution in [3.63, 3.8) is 0 Å². The van der Waals surface area contributed by atoms with Crippen molar-refractivity contribution in [1.29, 1.82) is 0 Å². The third kappa shape index (κ3) is 7.94. The molecule has 0 radical (unpaired) electrons.